The summed E-state index contributed by atoms with van der Waals surface area (Å²) in [6.45, 7) is 2.62. The molecule has 3 aromatic carbocycles. The van der Waals surface area contributed by atoms with Crippen molar-refractivity contribution < 1.29 is 28.7 Å². The highest BCUT2D eigenvalue weighted by Gasteiger charge is 2.19. The van der Waals surface area contributed by atoms with Crippen LogP contribution in [0.5, 0.6) is 17.2 Å². The Morgan fingerprint density at radius 3 is 2.34 bits per heavy atom. The maximum Gasteiger partial charge on any atom is 0.282 e. The van der Waals surface area contributed by atoms with Crippen molar-refractivity contribution in [1.29, 1.82) is 0 Å². The number of methoxy groups -OCH3 is 1. The molecule has 0 spiro atoms. The van der Waals surface area contributed by atoms with Gasteiger partial charge >= 0.3 is 0 Å². The Balaban J connectivity index is 1.56. The van der Waals surface area contributed by atoms with Gasteiger partial charge in [0.25, 0.3) is 5.69 Å². The van der Waals surface area contributed by atoms with Gasteiger partial charge in [0, 0.05) is 18.5 Å². The van der Waals surface area contributed by atoms with Gasteiger partial charge in [-0.25, -0.2) is 5.43 Å². The van der Waals surface area contributed by atoms with Crippen molar-refractivity contribution in [1.82, 2.24) is 5.43 Å². The second-order valence-electron chi connectivity index (χ2n) is 7.89. The topological polar surface area (TPSA) is 141 Å². The second-order valence-corrected chi connectivity index (χ2v) is 7.89. The van der Waals surface area contributed by atoms with Crippen LogP contribution in [0, 0.1) is 10.1 Å². The maximum atomic E-state index is 12.1. The summed E-state index contributed by atoms with van der Waals surface area (Å²) in [6, 6.07) is 18.9. The number of nitro groups is 1. The molecule has 0 bridgehead atoms. The molecule has 3 rings (SSSR count). The minimum absolute atomic E-state index is 0.0734. The highest BCUT2D eigenvalue weighted by Crippen LogP contribution is 2.34. The van der Waals surface area contributed by atoms with Gasteiger partial charge in [0.1, 0.15) is 12.4 Å². The van der Waals surface area contributed by atoms with Crippen LogP contribution in [0.1, 0.15) is 30.9 Å². The first-order valence-electron chi connectivity index (χ1n) is 11.8. The van der Waals surface area contributed by atoms with E-state index in [-0.39, 0.29) is 48.1 Å². The fourth-order valence-electron chi connectivity index (χ4n) is 3.32. The molecule has 0 saturated heterocycles. The number of hydrogen-bond donors (Lipinski definition) is 2. The number of rotatable bonds is 13. The third-order valence-corrected chi connectivity index (χ3v) is 5.17. The van der Waals surface area contributed by atoms with E-state index in [0.29, 0.717) is 18.0 Å². The van der Waals surface area contributed by atoms with E-state index in [1.165, 1.54) is 19.2 Å². The normalized spacial score (nSPS) is 10.6. The zero-order valence-corrected chi connectivity index (χ0v) is 21.0. The Labute approximate surface area is 219 Å². The van der Waals surface area contributed by atoms with Crippen molar-refractivity contribution in [2.45, 2.75) is 26.4 Å². The average molecular weight is 521 g/mol. The lowest BCUT2D eigenvalue weighted by atomic mass is 10.1. The average Bonchev–Trinajstić information content (AvgIpc) is 2.92. The van der Waals surface area contributed by atoms with Crippen LogP contribution < -0.4 is 25.0 Å². The second kappa shape index (κ2) is 14.0. The van der Waals surface area contributed by atoms with Crippen molar-refractivity contribution in [2.24, 2.45) is 5.10 Å². The molecule has 11 nitrogen and oxygen atoms in total. The predicted octanol–water partition coefficient (Wildman–Crippen LogP) is 4.45. The van der Waals surface area contributed by atoms with Gasteiger partial charge in [0.05, 0.1) is 36.5 Å². The molecule has 0 radical (unpaired) electrons. The van der Waals surface area contributed by atoms with Crippen molar-refractivity contribution in [2.75, 3.05) is 19.0 Å². The summed E-state index contributed by atoms with van der Waals surface area (Å²) in [6.07, 6.45) is 0.938. The molecule has 0 unspecified atom stereocenters. The third kappa shape index (κ3) is 8.33. The molecule has 3 aromatic rings. The van der Waals surface area contributed by atoms with E-state index in [1.54, 1.807) is 24.3 Å². The number of hydrazone groups is 1. The van der Waals surface area contributed by atoms with Gasteiger partial charge in [-0.2, -0.15) is 5.10 Å². The zero-order chi connectivity index (χ0) is 27.3. The smallest absolute Gasteiger partial charge is 0.282 e. The molecule has 2 amide bonds. The lowest BCUT2D eigenvalue weighted by Crippen LogP contribution is -2.20. The van der Waals surface area contributed by atoms with Crippen molar-refractivity contribution in [3.8, 4) is 17.2 Å². The van der Waals surface area contributed by atoms with E-state index in [9.17, 15) is 19.7 Å². The first kappa shape index (κ1) is 27.7. The first-order chi connectivity index (χ1) is 18.4. The van der Waals surface area contributed by atoms with Crippen LogP contribution in [-0.4, -0.2) is 36.7 Å². The van der Waals surface area contributed by atoms with Gasteiger partial charge in [0.2, 0.25) is 11.8 Å². The molecule has 198 valence electrons. The van der Waals surface area contributed by atoms with Crippen LogP contribution in [0.25, 0.3) is 0 Å². The molecular formula is C27H28N4O7. The zero-order valence-electron chi connectivity index (χ0n) is 21.0. The van der Waals surface area contributed by atoms with Crippen LogP contribution in [0.15, 0.2) is 71.8 Å². The lowest BCUT2D eigenvalue weighted by Gasteiger charge is -2.12. The number of benzene rings is 3. The number of ether oxygens (including phenoxy) is 3. The molecule has 0 aliphatic carbocycles. The van der Waals surface area contributed by atoms with Gasteiger partial charge in [0.15, 0.2) is 11.5 Å². The summed E-state index contributed by atoms with van der Waals surface area (Å²) >= 11 is 0. The number of amides is 2. The summed E-state index contributed by atoms with van der Waals surface area (Å²) in [5.41, 5.74) is 3.57. The monoisotopic (exact) mass is 520 g/mol. The van der Waals surface area contributed by atoms with Gasteiger partial charge in [-0.3, -0.25) is 19.7 Å². The molecule has 0 atom stereocenters. The van der Waals surface area contributed by atoms with E-state index in [1.807, 2.05) is 37.3 Å². The number of nitro benzene ring substituents is 1. The van der Waals surface area contributed by atoms with Crippen molar-refractivity contribution >= 4 is 29.4 Å². The molecule has 38 heavy (non-hydrogen) atoms. The summed E-state index contributed by atoms with van der Waals surface area (Å²) in [5, 5.41) is 18.1. The maximum absolute atomic E-state index is 12.1. The number of nitrogens with zero attached hydrogens (tertiary/aromatic N) is 2. The highest BCUT2D eigenvalue weighted by molar-refractivity contribution is 5.93. The van der Waals surface area contributed by atoms with Crippen molar-refractivity contribution in [3.63, 3.8) is 0 Å². The molecule has 0 aliphatic rings. The van der Waals surface area contributed by atoms with Crippen molar-refractivity contribution in [3.05, 3.63) is 88.0 Å². The molecular weight excluding hydrogens is 492 g/mol. The Morgan fingerprint density at radius 2 is 1.68 bits per heavy atom. The number of carbonyl (C=O) groups excluding carboxylic acids is 2. The van der Waals surface area contributed by atoms with Crippen LogP contribution in [0.2, 0.25) is 0 Å². The van der Waals surface area contributed by atoms with E-state index >= 15 is 0 Å². The Kier molecular flexibility index (Phi) is 10.2. The van der Waals surface area contributed by atoms with Gasteiger partial charge in [-0.1, -0.05) is 30.3 Å². The van der Waals surface area contributed by atoms with Crippen LogP contribution in [0.3, 0.4) is 0 Å². The van der Waals surface area contributed by atoms with E-state index < -0.39 is 10.8 Å². The largest absolute Gasteiger partial charge is 0.494 e. The number of hydrogen-bond acceptors (Lipinski definition) is 8. The summed E-state index contributed by atoms with van der Waals surface area (Å²) < 4.78 is 16.4. The fourth-order valence-corrected chi connectivity index (χ4v) is 3.32. The Morgan fingerprint density at radius 1 is 0.974 bits per heavy atom. The summed E-state index contributed by atoms with van der Waals surface area (Å²) in [4.78, 5) is 35.3. The molecule has 11 heteroatoms. The fraction of sp³-hybridized carbons (Fsp3) is 0.222. The number of anilines is 1. The van der Waals surface area contributed by atoms with Crippen LogP contribution in [-0.2, 0) is 16.2 Å². The van der Waals surface area contributed by atoms with E-state index in [4.69, 9.17) is 14.2 Å². The molecule has 0 aromatic heterocycles. The first-order valence-corrected chi connectivity index (χ1v) is 11.8. The standard InChI is InChI=1S/C27H28N4O7/c1-3-37-22-11-9-21(10-12-22)29-26(32)13-14-27(33)30-28-17-20-15-24(36-2)25(16-23(20)31(34)35)38-18-19-7-5-4-6-8-19/h4-12,15-17H,3,13-14,18H2,1-2H3,(H,29,32)(H,30,33). The lowest BCUT2D eigenvalue weighted by molar-refractivity contribution is -0.385. The number of nitrogens with one attached hydrogen (secondary N) is 2. The van der Waals surface area contributed by atoms with Gasteiger partial charge in [-0.15, -0.1) is 0 Å². The van der Waals surface area contributed by atoms with Crippen LogP contribution in [0.4, 0.5) is 11.4 Å². The Hall–Kier alpha value is -4.93. The van der Waals surface area contributed by atoms with E-state index in [2.05, 4.69) is 15.8 Å². The van der Waals surface area contributed by atoms with E-state index in [0.717, 1.165) is 11.8 Å². The quantitative estimate of drug-likeness (QED) is 0.193. The summed E-state index contributed by atoms with van der Waals surface area (Å²) in [7, 11) is 1.41. The molecule has 2 N–H and O–H groups in total. The Bertz CT molecular complexity index is 1280. The van der Waals surface area contributed by atoms with Gasteiger partial charge < -0.3 is 19.5 Å². The SMILES string of the molecule is CCOc1ccc(NC(=O)CCC(=O)NN=Cc2cc(OC)c(OCc3ccccc3)cc2[N+](=O)[O-])cc1. The predicted molar refractivity (Wildman–Crippen MR) is 142 cm³/mol. The molecule has 0 saturated carbocycles. The van der Waals surface area contributed by atoms with Crippen LogP contribution >= 0.6 is 0 Å². The molecule has 0 aliphatic heterocycles. The minimum atomic E-state index is -0.580. The molecule has 0 fully saturated rings. The highest BCUT2D eigenvalue weighted by atomic mass is 16.6. The molecule has 0 heterocycles. The number of carbonyl (C=O) groups is 2. The van der Waals surface area contributed by atoms with Gasteiger partial charge in [-0.05, 0) is 42.8 Å². The minimum Gasteiger partial charge on any atom is -0.494 e. The summed E-state index contributed by atoms with van der Waals surface area (Å²) in [5.74, 6) is 0.281. The third-order valence-electron chi connectivity index (χ3n) is 5.17.